The molecule has 1 N–H and O–H groups in total. The average molecular weight is 364 g/mol. The molecule has 25 heavy (non-hydrogen) atoms. The summed E-state index contributed by atoms with van der Waals surface area (Å²) >= 11 is 0. The Labute approximate surface area is 146 Å². The quantitative estimate of drug-likeness (QED) is 0.444. The molecule has 0 saturated carbocycles. The highest BCUT2D eigenvalue weighted by Crippen LogP contribution is 2.44. The van der Waals surface area contributed by atoms with E-state index in [-0.39, 0.29) is 11.3 Å². The molecule has 0 bridgehead atoms. The molecule has 2 aromatic rings. The molecule has 0 saturated heterocycles. The van der Waals surface area contributed by atoms with Crippen LogP contribution in [0.5, 0.6) is 5.75 Å². The fourth-order valence-electron chi connectivity index (χ4n) is 2.12. The van der Waals surface area contributed by atoms with Crippen molar-refractivity contribution in [2.24, 2.45) is 5.92 Å². The van der Waals surface area contributed by atoms with Gasteiger partial charge in [-0.25, -0.2) is 9.36 Å². The SMILES string of the molecule is Cc1ccc(OP(=O)(O)OOC(=O)c2ccc(CC(C)C)cc2)cc1. The molecule has 0 amide bonds. The second-order valence-electron chi connectivity index (χ2n) is 6.11. The zero-order chi connectivity index (χ0) is 18.4. The number of hydrogen-bond acceptors (Lipinski definition) is 5. The third kappa shape index (κ3) is 6.35. The zero-order valence-electron chi connectivity index (χ0n) is 14.3. The number of phosphoric ester groups is 1. The van der Waals surface area contributed by atoms with Gasteiger partial charge in [0, 0.05) is 0 Å². The molecular weight excluding hydrogens is 343 g/mol. The van der Waals surface area contributed by atoms with E-state index in [4.69, 9.17) is 4.52 Å². The summed E-state index contributed by atoms with van der Waals surface area (Å²) in [4.78, 5) is 25.9. The second-order valence-corrected chi connectivity index (χ2v) is 7.38. The van der Waals surface area contributed by atoms with Crippen molar-refractivity contribution in [3.05, 3.63) is 65.2 Å². The highest BCUT2D eigenvalue weighted by Gasteiger charge is 2.27. The van der Waals surface area contributed by atoms with E-state index >= 15 is 0 Å². The minimum Gasteiger partial charge on any atom is -0.402 e. The van der Waals surface area contributed by atoms with Crippen LogP contribution < -0.4 is 4.52 Å². The number of benzene rings is 2. The lowest BCUT2D eigenvalue weighted by Gasteiger charge is -2.11. The number of carbonyl (C=O) groups excluding carboxylic acids is 1. The van der Waals surface area contributed by atoms with Gasteiger partial charge in [0.1, 0.15) is 5.75 Å². The molecule has 0 aliphatic heterocycles. The Bertz CT molecular complexity index is 752. The van der Waals surface area contributed by atoms with E-state index in [1.54, 1.807) is 36.4 Å². The molecule has 1 atom stereocenters. The number of hydrogen-bond donors (Lipinski definition) is 1. The minimum absolute atomic E-state index is 0.130. The third-order valence-electron chi connectivity index (χ3n) is 3.28. The molecule has 0 radical (unpaired) electrons. The predicted molar refractivity (Wildman–Crippen MR) is 93.1 cm³/mol. The van der Waals surface area contributed by atoms with Crippen LogP contribution in [0.15, 0.2) is 48.5 Å². The Morgan fingerprint density at radius 2 is 1.68 bits per heavy atom. The molecule has 0 aliphatic rings. The van der Waals surface area contributed by atoms with Gasteiger partial charge in [0.25, 0.3) is 0 Å². The fraction of sp³-hybridized carbons (Fsp3) is 0.278. The normalized spacial score (nSPS) is 13.3. The van der Waals surface area contributed by atoms with Crippen LogP contribution in [0.3, 0.4) is 0 Å². The van der Waals surface area contributed by atoms with Crippen molar-refractivity contribution in [2.45, 2.75) is 27.2 Å². The Morgan fingerprint density at radius 3 is 2.24 bits per heavy atom. The van der Waals surface area contributed by atoms with Gasteiger partial charge in [-0.2, -0.15) is 0 Å². The Balaban J connectivity index is 1.91. The monoisotopic (exact) mass is 364 g/mol. The number of carbonyl (C=O) groups is 1. The maximum Gasteiger partial charge on any atom is 0.564 e. The van der Waals surface area contributed by atoms with Gasteiger partial charge in [0.2, 0.25) is 0 Å². The van der Waals surface area contributed by atoms with E-state index in [2.05, 4.69) is 23.4 Å². The minimum atomic E-state index is -4.58. The summed E-state index contributed by atoms with van der Waals surface area (Å²) in [7, 11) is -4.58. The number of rotatable bonds is 7. The topological polar surface area (TPSA) is 82.1 Å². The van der Waals surface area contributed by atoms with Crippen molar-refractivity contribution in [1.29, 1.82) is 0 Å². The van der Waals surface area contributed by atoms with Gasteiger partial charge < -0.3 is 4.52 Å². The van der Waals surface area contributed by atoms with Gasteiger partial charge in [-0.1, -0.05) is 48.4 Å². The average Bonchev–Trinajstić information content (AvgIpc) is 2.55. The first-order valence-corrected chi connectivity index (χ1v) is 9.33. The largest absolute Gasteiger partial charge is 0.564 e. The Kier molecular flexibility index (Phi) is 6.37. The van der Waals surface area contributed by atoms with Crippen LogP contribution in [0.1, 0.15) is 35.3 Å². The summed E-state index contributed by atoms with van der Waals surface area (Å²) in [5.41, 5.74) is 2.26. The van der Waals surface area contributed by atoms with Crippen LogP contribution in [0, 0.1) is 12.8 Å². The summed E-state index contributed by atoms with van der Waals surface area (Å²) in [5.74, 6) is -0.247. The highest BCUT2D eigenvalue weighted by molar-refractivity contribution is 7.47. The summed E-state index contributed by atoms with van der Waals surface area (Å²) in [6, 6.07) is 13.2. The molecule has 0 aromatic heterocycles. The van der Waals surface area contributed by atoms with Crippen LogP contribution in [-0.2, 0) is 20.5 Å². The summed E-state index contributed by atoms with van der Waals surface area (Å²) in [5, 5.41) is 0. The van der Waals surface area contributed by atoms with Crippen molar-refractivity contribution < 1.29 is 28.3 Å². The smallest absolute Gasteiger partial charge is 0.402 e. The summed E-state index contributed by atoms with van der Waals surface area (Å²) < 4.78 is 20.9. The molecule has 7 heteroatoms. The van der Waals surface area contributed by atoms with Crippen molar-refractivity contribution in [2.75, 3.05) is 0 Å². The zero-order valence-corrected chi connectivity index (χ0v) is 15.2. The van der Waals surface area contributed by atoms with Gasteiger partial charge in [-0.15, -0.1) is 0 Å². The van der Waals surface area contributed by atoms with Crippen molar-refractivity contribution in [1.82, 2.24) is 0 Å². The van der Waals surface area contributed by atoms with Gasteiger partial charge in [-0.3, -0.25) is 9.78 Å². The van der Waals surface area contributed by atoms with E-state index < -0.39 is 13.8 Å². The van der Waals surface area contributed by atoms with Crippen LogP contribution >= 0.6 is 7.82 Å². The van der Waals surface area contributed by atoms with Gasteiger partial charge in [0.05, 0.1) is 5.56 Å². The van der Waals surface area contributed by atoms with Crippen molar-refractivity contribution in [3.63, 3.8) is 0 Å². The first-order chi connectivity index (χ1) is 11.7. The summed E-state index contributed by atoms with van der Waals surface area (Å²) in [6.07, 6.45) is 0.891. The van der Waals surface area contributed by atoms with Gasteiger partial charge in [-0.05, 0) is 49.1 Å². The van der Waals surface area contributed by atoms with Crippen LogP contribution in [0.4, 0.5) is 0 Å². The maximum atomic E-state index is 11.9. The molecule has 6 nitrogen and oxygen atoms in total. The third-order valence-corrected chi connectivity index (χ3v) is 3.99. The molecule has 2 aromatic carbocycles. The summed E-state index contributed by atoms with van der Waals surface area (Å²) in [6.45, 7) is 6.07. The predicted octanol–water partition coefficient (Wildman–Crippen LogP) is 4.46. The van der Waals surface area contributed by atoms with Crippen molar-refractivity contribution >= 4 is 13.8 Å². The van der Waals surface area contributed by atoms with E-state index in [1.165, 1.54) is 12.1 Å². The molecular formula is C18H21O6P. The van der Waals surface area contributed by atoms with Crippen LogP contribution in [0.2, 0.25) is 0 Å². The van der Waals surface area contributed by atoms with E-state index in [0.717, 1.165) is 17.5 Å². The van der Waals surface area contributed by atoms with E-state index in [1.807, 2.05) is 6.92 Å². The highest BCUT2D eigenvalue weighted by atomic mass is 31.2. The van der Waals surface area contributed by atoms with Gasteiger partial charge in [0.15, 0.2) is 0 Å². The number of phosphoric acid groups is 1. The number of aryl methyl sites for hydroxylation is 1. The molecule has 0 fully saturated rings. The Hall–Kier alpha value is -2.14. The fourth-order valence-corrected chi connectivity index (χ4v) is 2.71. The first-order valence-electron chi connectivity index (χ1n) is 7.84. The standard InChI is InChI=1S/C18H21O6P/c1-13(2)12-15-6-8-16(9-7-15)18(19)22-24-25(20,21)23-17-10-4-14(3)5-11-17/h4-11,13H,12H2,1-3H3,(H,20,21). The van der Waals surface area contributed by atoms with Gasteiger partial charge >= 0.3 is 13.8 Å². The molecule has 0 aliphatic carbocycles. The molecule has 1 unspecified atom stereocenters. The van der Waals surface area contributed by atoms with Crippen LogP contribution in [0.25, 0.3) is 0 Å². The lowest BCUT2D eigenvalue weighted by Crippen LogP contribution is -2.07. The van der Waals surface area contributed by atoms with Crippen molar-refractivity contribution in [3.8, 4) is 5.75 Å². The van der Waals surface area contributed by atoms with E-state index in [0.29, 0.717) is 5.92 Å². The molecule has 0 heterocycles. The lowest BCUT2D eigenvalue weighted by atomic mass is 10.0. The first kappa shape index (κ1) is 19.2. The second kappa shape index (κ2) is 8.30. The molecule has 134 valence electrons. The Morgan fingerprint density at radius 1 is 1.08 bits per heavy atom. The molecule has 0 spiro atoms. The molecule has 2 rings (SSSR count). The maximum absolute atomic E-state index is 11.9. The lowest BCUT2D eigenvalue weighted by molar-refractivity contribution is -0.165. The van der Waals surface area contributed by atoms with Crippen LogP contribution in [-0.4, -0.2) is 10.9 Å². The van der Waals surface area contributed by atoms with E-state index in [9.17, 15) is 14.3 Å².